The van der Waals surface area contributed by atoms with Crippen LogP contribution in [0.25, 0.3) is 0 Å². The highest BCUT2D eigenvalue weighted by atomic mass is 16.2. The highest BCUT2D eigenvalue weighted by Gasteiger charge is 2.23. The fourth-order valence-electron chi connectivity index (χ4n) is 1.59. The third-order valence-corrected chi connectivity index (χ3v) is 2.21. The van der Waals surface area contributed by atoms with Gasteiger partial charge >= 0.3 is 0 Å². The number of allylic oxidation sites excluding steroid dienone is 1. The summed E-state index contributed by atoms with van der Waals surface area (Å²) < 4.78 is 0. The molecule has 0 saturated carbocycles. The highest BCUT2D eigenvalue weighted by Crippen LogP contribution is 2.20. The minimum atomic E-state index is 0.133. The third-order valence-electron chi connectivity index (χ3n) is 2.21. The standard InChI is InChI=1S/C9H11NO/c11-9-6-5-8-4-2-1-3-7-10(8)9/h3,5-8H,1-2,4H2/t8-/m1/s1. The Kier molecular flexibility index (Phi) is 1.53. The number of rotatable bonds is 0. The molecule has 2 heteroatoms. The predicted molar refractivity (Wildman–Crippen MR) is 42.8 cm³/mol. The first-order valence-corrected chi connectivity index (χ1v) is 4.05. The molecule has 0 aromatic rings. The second-order valence-corrected chi connectivity index (χ2v) is 2.99. The van der Waals surface area contributed by atoms with Crippen molar-refractivity contribution in [1.29, 1.82) is 0 Å². The van der Waals surface area contributed by atoms with Gasteiger partial charge in [0.2, 0.25) is 0 Å². The van der Waals surface area contributed by atoms with Gasteiger partial charge < -0.3 is 4.90 Å². The SMILES string of the molecule is O=C1C=C[C@H]2CCCC=CN12. The van der Waals surface area contributed by atoms with Crippen LogP contribution in [-0.4, -0.2) is 16.8 Å². The summed E-state index contributed by atoms with van der Waals surface area (Å²) in [5.74, 6) is 0.133. The van der Waals surface area contributed by atoms with Gasteiger partial charge in [-0.25, -0.2) is 0 Å². The van der Waals surface area contributed by atoms with Crippen LogP contribution in [0.5, 0.6) is 0 Å². The van der Waals surface area contributed by atoms with Crippen molar-refractivity contribution in [3.63, 3.8) is 0 Å². The molecule has 0 aromatic carbocycles. The zero-order valence-corrected chi connectivity index (χ0v) is 6.36. The molecule has 0 spiro atoms. The summed E-state index contributed by atoms with van der Waals surface area (Å²) in [7, 11) is 0. The van der Waals surface area contributed by atoms with Crippen LogP contribution in [-0.2, 0) is 4.79 Å². The summed E-state index contributed by atoms with van der Waals surface area (Å²) in [5, 5.41) is 0. The molecule has 2 aliphatic heterocycles. The van der Waals surface area contributed by atoms with Crippen molar-refractivity contribution in [2.75, 3.05) is 0 Å². The lowest BCUT2D eigenvalue weighted by Gasteiger charge is -2.17. The monoisotopic (exact) mass is 149 g/mol. The number of amides is 1. The Hall–Kier alpha value is -1.05. The normalized spacial score (nSPS) is 28.9. The molecule has 0 radical (unpaired) electrons. The van der Waals surface area contributed by atoms with Gasteiger partial charge in [0.25, 0.3) is 5.91 Å². The van der Waals surface area contributed by atoms with Crippen LogP contribution in [0.1, 0.15) is 19.3 Å². The van der Waals surface area contributed by atoms with Crippen molar-refractivity contribution in [2.24, 2.45) is 0 Å². The first kappa shape index (κ1) is 6.65. The summed E-state index contributed by atoms with van der Waals surface area (Å²) in [6, 6.07) is 0.348. The Labute approximate surface area is 66.2 Å². The number of fused-ring (bicyclic) bond motifs is 1. The average molecular weight is 149 g/mol. The molecule has 0 bridgehead atoms. The van der Waals surface area contributed by atoms with Crippen molar-refractivity contribution in [2.45, 2.75) is 25.3 Å². The van der Waals surface area contributed by atoms with Crippen molar-refractivity contribution < 1.29 is 4.79 Å². The average Bonchev–Trinajstić information content (AvgIpc) is 2.25. The smallest absolute Gasteiger partial charge is 0.250 e. The van der Waals surface area contributed by atoms with E-state index in [1.807, 2.05) is 17.2 Å². The summed E-state index contributed by atoms with van der Waals surface area (Å²) in [4.78, 5) is 13.0. The lowest BCUT2D eigenvalue weighted by atomic mass is 10.1. The first-order valence-electron chi connectivity index (χ1n) is 4.05. The van der Waals surface area contributed by atoms with E-state index in [4.69, 9.17) is 0 Å². The van der Waals surface area contributed by atoms with E-state index in [0.29, 0.717) is 6.04 Å². The Morgan fingerprint density at radius 3 is 3.36 bits per heavy atom. The van der Waals surface area contributed by atoms with Gasteiger partial charge in [0.1, 0.15) is 0 Å². The maximum atomic E-state index is 11.1. The van der Waals surface area contributed by atoms with E-state index in [0.717, 1.165) is 12.8 Å². The largest absolute Gasteiger partial charge is 0.309 e. The minimum Gasteiger partial charge on any atom is -0.309 e. The second kappa shape index (κ2) is 2.53. The molecule has 11 heavy (non-hydrogen) atoms. The van der Waals surface area contributed by atoms with Crippen molar-refractivity contribution in [3.8, 4) is 0 Å². The number of nitrogens with zero attached hydrogens (tertiary/aromatic N) is 1. The van der Waals surface area contributed by atoms with Gasteiger partial charge in [-0.2, -0.15) is 0 Å². The minimum absolute atomic E-state index is 0.133. The molecule has 1 atom stereocenters. The van der Waals surface area contributed by atoms with Crippen molar-refractivity contribution in [1.82, 2.24) is 4.90 Å². The van der Waals surface area contributed by atoms with E-state index in [2.05, 4.69) is 6.08 Å². The van der Waals surface area contributed by atoms with Crippen molar-refractivity contribution in [3.05, 3.63) is 24.4 Å². The van der Waals surface area contributed by atoms with E-state index >= 15 is 0 Å². The summed E-state index contributed by atoms with van der Waals surface area (Å²) in [5.41, 5.74) is 0. The van der Waals surface area contributed by atoms with Crippen LogP contribution in [0.15, 0.2) is 24.4 Å². The molecule has 2 heterocycles. The van der Waals surface area contributed by atoms with E-state index in [-0.39, 0.29) is 5.91 Å². The maximum absolute atomic E-state index is 11.1. The van der Waals surface area contributed by atoms with E-state index < -0.39 is 0 Å². The molecule has 0 fully saturated rings. The van der Waals surface area contributed by atoms with E-state index in [1.165, 1.54) is 6.42 Å². The molecule has 58 valence electrons. The lowest BCUT2D eigenvalue weighted by molar-refractivity contribution is -0.123. The fourth-order valence-corrected chi connectivity index (χ4v) is 1.59. The number of carbonyl (C=O) groups excluding carboxylic acids is 1. The van der Waals surface area contributed by atoms with Crippen LogP contribution < -0.4 is 0 Å². The van der Waals surface area contributed by atoms with Crippen LogP contribution in [0, 0.1) is 0 Å². The number of carbonyl (C=O) groups is 1. The molecular formula is C9H11NO. The Balaban J connectivity index is 2.21. The van der Waals surface area contributed by atoms with Crippen LogP contribution in [0.4, 0.5) is 0 Å². The predicted octanol–water partition coefficient (Wildman–Crippen LogP) is 1.45. The maximum Gasteiger partial charge on any atom is 0.250 e. The second-order valence-electron chi connectivity index (χ2n) is 2.99. The van der Waals surface area contributed by atoms with Crippen LogP contribution in [0.3, 0.4) is 0 Å². The topological polar surface area (TPSA) is 20.3 Å². The zero-order valence-electron chi connectivity index (χ0n) is 6.36. The lowest BCUT2D eigenvalue weighted by Crippen LogP contribution is -2.27. The van der Waals surface area contributed by atoms with Gasteiger partial charge in [-0.15, -0.1) is 0 Å². The Bertz CT molecular complexity index is 230. The quantitative estimate of drug-likeness (QED) is 0.510. The van der Waals surface area contributed by atoms with Gasteiger partial charge in [-0.1, -0.05) is 12.2 Å². The molecule has 2 rings (SSSR count). The van der Waals surface area contributed by atoms with Gasteiger partial charge in [0.05, 0.1) is 6.04 Å². The van der Waals surface area contributed by atoms with Gasteiger partial charge in [-0.3, -0.25) is 4.79 Å². The zero-order chi connectivity index (χ0) is 7.68. The molecule has 2 aliphatic rings. The molecule has 0 aliphatic carbocycles. The van der Waals surface area contributed by atoms with Gasteiger partial charge in [0, 0.05) is 12.3 Å². The third kappa shape index (κ3) is 1.09. The fraction of sp³-hybridized carbons (Fsp3) is 0.444. The van der Waals surface area contributed by atoms with Crippen LogP contribution >= 0.6 is 0 Å². The Morgan fingerprint density at radius 2 is 2.45 bits per heavy atom. The highest BCUT2D eigenvalue weighted by molar-refractivity contribution is 5.91. The van der Waals surface area contributed by atoms with Gasteiger partial charge in [0.15, 0.2) is 0 Å². The molecule has 2 nitrogen and oxygen atoms in total. The van der Waals surface area contributed by atoms with E-state index in [9.17, 15) is 4.79 Å². The number of hydrogen-bond acceptors (Lipinski definition) is 1. The Morgan fingerprint density at radius 1 is 1.55 bits per heavy atom. The summed E-state index contributed by atoms with van der Waals surface area (Å²) in [6.45, 7) is 0. The first-order chi connectivity index (χ1) is 5.38. The molecule has 0 N–H and O–H groups in total. The van der Waals surface area contributed by atoms with E-state index in [1.54, 1.807) is 6.08 Å². The van der Waals surface area contributed by atoms with Gasteiger partial charge in [-0.05, 0) is 19.3 Å². The molecule has 1 amide bonds. The molecular weight excluding hydrogens is 138 g/mol. The summed E-state index contributed by atoms with van der Waals surface area (Å²) >= 11 is 0. The number of hydrogen-bond donors (Lipinski definition) is 0. The summed E-state index contributed by atoms with van der Waals surface area (Å²) in [6.07, 6.45) is 11.1. The molecule has 0 unspecified atom stereocenters. The molecule has 0 aromatic heterocycles. The van der Waals surface area contributed by atoms with Crippen molar-refractivity contribution >= 4 is 5.91 Å². The molecule has 0 saturated heterocycles. The van der Waals surface area contributed by atoms with Crippen LogP contribution in [0.2, 0.25) is 0 Å².